The van der Waals surface area contributed by atoms with E-state index in [9.17, 15) is 4.79 Å². The van der Waals surface area contributed by atoms with E-state index < -0.39 is 5.97 Å². The van der Waals surface area contributed by atoms with Crippen molar-refractivity contribution in [3.05, 3.63) is 23.7 Å². The normalized spacial score (nSPS) is 24.4. The first-order valence-corrected chi connectivity index (χ1v) is 6.59. The Hall–Kier alpha value is -1.29. The van der Waals surface area contributed by atoms with Gasteiger partial charge < -0.3 is 9.52 Å². The molecule has 4 heteroatoms. The minimum absolute atomic E-state index is 0.283. The molecule has 1 saturated carbocycles. The second-order valence-electron chi connectivity index (χ2n) is 5.31. The molecule has 1 heterocycles. The van der Waals surface area contributed by atoms with Gasteiger partial charge in [-0.15, -0.1) is 0 Å². The highest BCUT2D eigenvalue weighted by molar-refractivity contribution is 5.88. The zero-order valence-corrected chi connectivity index (χ0v) is 11.1. The maximum atomic E-state index is 11.0. The summed E-state index contributed by atoms with van der Waals surface area (Å²) in [6.45, 7) is 2.85. The zero-order chi connectivity index (χ0) is 13.1. The molecule has 1 aromatic heterocycles. The second-order valence-corrected chi connectivity index (χ2v) is 5.31. The Morgan fingerprint density at radius 1 is 1.50 bits per heavy atom. The average molecular weight is 251 g/mol. The smallest absolute Gasteiger partial charge is 0.339 e. The van der Waals surface area contributed by atoms with E-state index in [0.29, 0.717) is 24.3 Å². The summed E-state index contributed by atoms with van der Waals surface area (Å²) in [4.78, 5) is 13.3. The Kier molecular flexibility index (Phi) is 4.07. The Bertz CT molecular complexity index is 413. The van der Waals surface area contributed by atoms with Gasteiger partial charge in [0.1, 0.15) is 11.3 Å². The molecule has 4 nitrogen and oxygen atoms in total. The van der Waals surface area contributed by atoms with E-state index in [1.165, 1.54) is 38.0 Å². The number of carboxylic acid groups (broad SMARTS) is 1. The minimum Gasteiger partial charge on any atom is -0.478 e. The van der Waals surface area contributed by atoms with Crippen LogP contribution in [0.5, 0.6) is 0 Å². The van der Waals surface area contributed by atoms with Gasteiger partial charge in [-0.2, -0.15) is 0 Å². The topological polar surface area (TPSA) is 53.7 Å². The molecule has 0 radical (unpaired) electrons. The third-order valence-electron chi connectivity index (χ3n) is 4.00. The summed E-state index contributed by atoms with van der Waals surface area (Å²) in [7, 11) is 2.06. The molecule has 1 N–H and O–H groups in total. The van der Waals surface area contributed by atoms with Crippen molar-refractivity contribution in [1.29, 1.82) is 0 Å². The molecule has 1 aliphatic carbocycles. The zero-order valence-electron chi connectivity index (χ0n) is 11.1. The maximum Gasteiger partial charge on any atom is 0.339 e. The number of carbonyl (C=O) groups is 1. The van der Waals surface area contributed by atoms with Crippen molar-refractivity contribution < 1.29 is 14.3 Å². The fraction of sp³-hybridized carbons (Fsp3) is 0.643. The van der Waals surface area contributed by atoms with Gasteiger partial charge in [0, 0.05) is 6.04 Å². The highest BCUT2D eigenvalue weighted by Crippen LogP contribution is 2.28. The van der Waals surface area contributed by atoms with Gasteiger partial charge in [0.15, 0.2) is 0 Å². The van der Waals surface area contributed by atoms with Crippen LogP contribution in [0, 0.1) is 5.92 Å². The third-order valence-corrected chi connectivity index (χ3v) is 4.00. The monoisotopic (exact) mass is 251 g/mol. The highest BCUT2D eigenvalue weighted by atomic mass is 16.4. The largest absolute Gasteiger partial charge is 0.478 e. The van der Waals surface area contributed by atoms with Crippen LogP contribution in [0.15, 0.2) is 16.7 Å². The molecule has 2 atom stereocenters. The Morgan fingerprint density at radius 2 is 2.22 bits per heavy atom. The summed E-state index contributed by atoms with van der Waals surface area (Å²) in [5.74, 6) is 0.318. The third kappa shape index (κ3) is 2.75. The molecule has 1 fully saturated rings. The molecule has 0 amide bonds. The minimum atomic E-state index is -0.913. The summed E-state index contributed by atoms with van der Waals surface area (Å²) in [6.07, 6.45) is 6.49. The summed E-state index contributed by atoms with van der Waals surface area (Å²) in [6, 6.07) is 2.06. The maximum absolute atomic E-state index is 11.0. The van der Waals surface area contributed by atoms with Crippen molar-refractivity contribution >= 4 is 5.97 Å². The van der Waals surface area contributed by atoms with Crippen molar-refractivity contribution in [3.8, 4) is 0 Å². The van der Waals surface area contributed by atoms with Gasteiger partial charge in [-0.05, 0) is 31.9 Å². The first-order valence-electron chi connectivity index (χ1n) is 6.59. The van der Waals surface area contributed by atoms with Crippen molar-refractivity contribution in [3.63, 3.8) is 0 Å². The Labute approximate surface area is 108 Å². The van der Waals surface area contributed by atoms with Crippen LogP contribution in [0.3, 0.4) is 0 Å². The predicted molar refractivity (Wildman–Crippen MR) is 68.6 cm³/mol. The van der Waals surface area contributed by atoms with E-state index in [1.807, 2.05) is 0 Å². The summed E-state index contributed by atoms with van der Waals surface area (Å²) < 4.78 is 5.30. The molecule has 100 valence electrons. The van der Waals surface area contributed by atoms with Crippen molar-refractivity contribution in [1.82, 2.24) is 4.90 Å². The molecule has 0 aromatic carbocycles. The van der Waals surface area contributed by atoms with Crippen LogP contribution in [-0.2, 0) is 6.54 Å². The van der Waals surface area contributed by atoms with Crippen LogP contribution >= 0.6 is 0 Å². The lowest BCUT2D eigenvalue weighted by Gasteiger charge is -2.35. The van der Waals surface area contributed by atoms with Crippen LogP contribution in [0.4, 0.5) is 0 Å². The van der Waals surface area contributed by atoms with E-state index in [2.05, 4.69) is 18.9 Å². The summed E-state index contributed by atoms with van der Waals surface area (Å²) in [5.41, 5.74) is 0.283. The number of carboxylic acids is 1. The molecule has 0 spiro atoms. The van der Waals surface area contributed by atoms with Crippen LogP contribution in [0.1, 0.15) is 48.7 Å². The quantitative estimate of drug-likeness (QED) is 0.893. The lowest BCUT2D eigenvalue weighted by molar-refractivity contribution is 0.0689. The molecule has 0 bridgehead atoms. The Morgan fingerprint density at radius 3 is 2.89 bits per heavy atom. The van der Waals surface area contributed by atoms with Gasteiger partial charge in [-0.3, -0.25) is 4.90 Å². The number of furan rings is 1. The average Bonchev–Trinajstić information content (AvgIpc) is 2.77. The first kappa shape index (κ1) is 13.1. The highest BCUT2D eigenvalue weighted by Gasteiger charge is 2.26. The van der Waals surface area contributed by atoms with Crippen molar-refractivity contribution in [2.45, 2.75) is 45.2 Å². The molecule has 1 aliphatic rings. The van der Waals surface area contributed by atoms with E-state index in [-0.39, 0.29) is 5.56 Å². The number of aromatic carboxylic acids is 1. The number of hydrogen-bond acceptors (Lipinski definition) is 3. The molecule has 2 unspecified atom stereocenters. The van der Waals surface area contributed by atoms with Crippen LogP contribution in [-0.4, -0.2) is 29.1 Å². The van der Waals surface area contributed by atoms with E-state index >= 15 is 0 Å². The van der Waals surface area contributed by atoms with Gasteiger partial charge in [0.25, 0.3) is 0 Å². The van der Waals surface area contributed by atoms with Crippen LogP contribution < -0.4 is 0 Å². The lowest BCUT2D eigenvalue weighted by atomic mass is 9.85. The van der Waals surface area contributed by atoms with E-state index in [4.69, 9.17) is 9.52 Å². The predicted octanol–water partition coefficient (Wildman–Crippen LogP) is 2.99. The van der Waals surface area contributed by atoms with Gasteiger partial charge in [0.2, 0.25) is 0 Å². The fourth-order valence-electron chi connectivity index (χ4n) is 2.95. The van der Waals surface area contributed by atoms with Crippen molar-refractivity contribution in [2.75, 3.05) is 7.05 Å². The van der Waals surface area contributed by atoms with E-state index in [1.54, 1.807) is 0 Å². The summed E-state index contributed by atoms with van der Waals surface area (Å²) in [5, 5.41) is 9.05. The number of rotatable bonds is 4. The molecular weight excluding hydrogens is 230 g/mol. The molecule has 2 rings (SSSR count). The lowest BCUT2D eigenvalue weighted by Crippen LogP contribution is -2.38. The molecule has 0 saturated heterocycles. The van der Waals surface area contributed by atoms with Gasteiger partial charge in [0.05, 0.1) is 12.8 Å². The van der Waals surface area contributed by atoms with Crippen LogP contribution in [0.2, 0.25) is 0 Å². The van der Waals surface area contributed by atoms with E-state index in [0.717, 1.165) is 0 Å². The molecule has 18 heavy (non-hydrogen) atoms. The fourth-order valence-corrected chi connectivity index (χ4v) is 2.95. The van der Waals surface area contributed by atoms with Gasteiger partial charge >= 0.3 is 5.97 Å². The van der Waals surface area contributed by atoms with Gasteiger partial charge in [-0.25, -0.2) is 4.79 Å². The molecule has 0 aliphatic heterocycles. The molecular formula is C14H21NO3. The Balaban J connectivity index is 2.03. The number of nitrogens with zero attached hydrogens (tertiary/aromatic N) is 1. The van der Waals surface area contributed by atoms with Crippen LogP contribution in [0.25, 0.3) is 0 Å². The SMILES string of the molecule is CC1CCCCC1N(C)Cc1occc1C(=O)O. The standard InChI is InChI=1S/C14H21NO3/c1-10-5-3-4-6-12(10)15(2)9-13-11(14(16)17)7-8-18-13/h7-8,10,12H,3-6,9H2,1-2H3,(H,16,17). The second kappa shape index (κ2) is 5.57. The summed E-state index contributed by atoms with van der Waals surface area (Å²) >= 11 is 0. The van der Waals surface area contributed by atoms with Crippen molar-refractivity contribution in [2.24, 2.45) is 5.92 Å². The van der Waals surface area contributed by atoms with Gasteiger partial charge in [-0.1, -0.05) is 19.8 Å². The molecule has 1 aromatic rings. The number of hydrogen-bond donors (Lipinski definition) is 1. The first-order chi connectivity index (χ1) is 8.59.